The molecule has 0 amide bonds. The van der Waals surface area contributed by atoms with Gasteiger partial charge in [0.2, 0.25) is 0 Å². The number of rotatable bonds is 4. The molecule has 0 unspecified atom stereocenters. The van der Waals surface area contributed by atoms with Crippen LogP contribution in [-0.2, 0) is 10.8 Å². The van der Waals surface area contributed by atoms with Gasteiger partial charge in [-0.3, -0.25) is 0 Å². The van der Waals surface area contributed by atoms with Crippen molar-refractivity contribution in [2.45, 2.75) is 59.3 Å². The Hall–Kier alpha value is -6.80. The highest BCUT2D eigenvalue weighted by atomic mass is 32.1. The number of aryl methyl sites for hydroxylation is 1. The maximum absolute atomic E-state index is 6.02. The lowest BCUT2D eigenvalue weighted by atomic mass is 9.39. The Balaban J connectivity index is 1.07. The van der Waals surface area contributed by atoms with Crippen LogP contribution in [0.1, 0.15) is 58.2 Å². The van der Waals surface area contributed by atoms with Gasteiger partial charge in [-0.2, -0.15) is 0 Å². The number of para-hydroxylation sites is 2. The van der Waals surface area contributed by atoms with E-state index in [0.29, 0.717) is 0 Å². The molecule has 0 radical (unpaired) electrons. The van der Waals surface area contributed by atoms with E-state index in [-0.39, 0.29) is 17.5 Å². The minimum Gasteiger partial charge on any atom is -0.464 e. The van der Waals surface area contributed by atoms with Crippen LogP contribution < -0.4 is 24.8 Å². The van der Waals surface area contributed by atoms with Gasteiger partial charge >= 0.3 is 0 Å². The van der Waals surface area contributed by atoms with E-state index < -0.39 is 0 Å². The molecule has 0 spiro atoms. The summed E-state index contributed by atoms with van der Waals surface area (Å²) in [6, 6.07) is 54.2. The average Bonchev–Trinajstić information content (AvgIpc) is 4.11. The predicted octanol–water partition coefficient (Wildman–Crippen LogP) is 15.9. The third-order valence-electron chi connectivity index (χ3n) is 14.0. The van der Waals surface area contributed by atoms with E-state index in [9.17, 15) is 0 Å². The molecule has 0 aliphatic carbocycles. The summed E-state index contributed by atoms with van der Waals surface area (Å²) in [6.07, 6.45) is 3.79. The number of thiophene rings is 2. The Morgan fingerprint density at radius 3 is 1.32 bits per heavy atom. The van der Waals surface area contributed by atoms with Crippen LogP contribution in [0.25, 0.3) is 64.4 Å². The van der Waals surface area contributed by atoms with E-state index >= 15 is 0 Å². The lowest BCUT2D eigenvalue weighted by Crippen LogP contribution is -2.59. The van der Waals surface area contributed by atoms with Gasteiger partial charge in [-0.15, -0.1) is 22.7 Å². The maximum Gasteiger partial charge on any atom is 0.277 e. The van der Waals surface area contributed by atoms with E-state index in [4.69, 9.17) is 8.83 Å². The molecule has 320 valence electrons. The second kappa shape index (κ2) is 14.1. The van der Waals surface area contributed by atoms with Crippen molar-refractivity contribution < 1.29 is 8.83 Å². The van der Waals surface area contributed by atoms with Gasteiger partial charge in [-0.05, 0) is 124 Å². The molecule has 0 N–H and O–H groups in total. The molecule has 7 aromatic carbocycles. The lowest BCUT2D eigenvalue weighted by Gasteiger charge is -2.42. The predicted molar refractivity (Wildman–Crippen MR) is 284 cm³/mol. The number of nitrogens with zero attached hydrogens (tertiary/aromatic N) is 2. The SMILES string of the molecule is Cc1cc2c3c(c1)N(c1ccc(-c4coc5ccccc45)cc1)c1c(sc4ccc(C(C)(C)C)cc14)B3c1sc3ccc(C(C)(C)C)cc3c1N2c1ccc(-c2coc3ccccc23)cc1. The summed E-state index contributed by atoms with van der Waals surface area (Å²) in [7, 11) is 0. The van der Waals surface area contributed by atoms with Crippen LogP contribution in [-0.4, -0.2) is 6.71 Å². The van der Waals surface area contributed by atoms with Crippen LogP contribution in [0.5, 0.6) is 0 Å². The zero-order valence-electron chi connectivity index (χ0n) is 38.1. The molecule has 11 aromatic rings. The Labute approximate surface area is 393 Å². The van der Waals surface area contributed by atoms with Crippen molar-refractivity contribution in [3.05, 3.63) is 175 Å². The van der Waals surface area contributed by atoms with Crippen molar-refractivity contribution in [1.29, 1.82) is 0 Å². The van der Waals surface area contributed by atoms with E-state index in [1.54, 1.807) is 0 Å². The second-order valence-electron chi connectivity index (χ2n) is 20.3. The molecule has 0 fully saturated rings. The fraction of sp³-hybridized carbons (Fsp3) is 0.153. The van der Waals surface area contributed by atoms with E-state index in [0.717, 1.165) is 55.6 Å². The first-order chi connectivity index (χ1) is 31.9. The first-order valence-corrected chi connectivity index (χ1v) is 24.5. The van der Waals surface area contributed by atoms with Gasteiger partial charge in [0.25, 0.3) is 6.71 Å². The van der Waals surface area contributed by atoms with Crippen LogP contribution in [0.3, 0.4) is 0 Å². The number of hydrogen-bond acceptors (Lipinski definition) is 6. The summed E-state index contributed by atoms with van der Waals surface area (Å²) in [6.45, 7) is 16.2. The molecule has 0 saturated heterocycles. The summed E-state index contributed by atoms with van der Waals surface area (Å²) in [5, 5.41) is 4.87. The van der Waals surface area contributed by atoms with Crippen LogP contribution in [0.4, 0.5) is 34.1 Å². The van der Waals surface area contributed by atoms with Gasteiger partial charge in [-0.25, -0.2) is 0 Å². The summed E-state index contributed by atoms with van der Waals surface area (Å²) in [5.41, 5.74) is 18.9. The van der Waals surface area contributed by atoms with Crippen LogP contribution in [0.15, 0.2) is 167 Å². The fourth-order valence-corrected chi connectivity index (χ4v) is 13.2. The van der Waals surface area contributed by atoms with Crippen molar-refractivity contribution in [3.8, 4) is 22.3 Å². The van der Waals surface area contributed by atoms with Gasteiger partial charge in [-0.1, -0.05) is 114 Å². The molecule has 6 heterocycles. The molecule has 0 bridgehead atoms. The molecular formula is C59H47BN2O2S2. The summed E-state index contributed by atoms with van der Waals surface area (Å²) < 4.78 is 17.5. The summed E-state index contributed by atoms with van der Waals surface area (Å²) >= 11 is 3.94. The zero-order chi connectivity index (χ0) is 44.8. The highest BCUT2D eigenvalue weighted by Crippen LogP contribution is 2.52. The summed E-state index contributed by atoms with van der Waals surface area (Å²) in [4.78, 5) is 5.17. The quantitative estimate of drug-likeness (QED) is 0.165. The smallest absolute Gasteiger partial charge is 0.277 e. The normalized spacial score (nSPS) is 13.6. The van der Waals surface area contributed by atoms with Gasteiger partial charge in [0, 0.05) is 74.4 Å². The van der Waals surface area contributed by atoms with E-state index in [1.165, 1.54) is 74.6 Å². The molecule has 0 saturated carbocycles. The third-order valence-corrected chi connectivity index (χ3v) is 16.4. The van der Waals surface area contributed by atoms with Crippen molar-refractivity contribution in [2.75, 3.05) is 9.80 Å². The van der Waals surface area contributed by atoms with Crippen LogP contribution >= 0.6 is 22.7 Å². The van der Waals surface area contributed by atoms with Gasteiger partial charge in [0.05, 0.1) is 23.9 Å². The Bertz CT molecular complexity index is 3520. The van der Waals surface area contributed by atoms with Crippen molar-refractivity contribution >= 4 is 121 Å². The minimum absolute atomic E-state index is 0.00576. The van der Waals surface area contributed by atoms with Gasteiger partial charge in [0.15, 0.2) is 0 Å². The monoisotopic (exact) mass is 890 g/mol. The van der Waals surface area contributed by atoms with Crippen molar-refractivity contribution in [1.82, 2.24) is 0 Å². The molecule has 2 aliphatic rings. The molecule has 66 heavy (non-hydrogen) atoms. The first-order valence-electron chi connectivity index (χ1n) is 22.9. The number of furan rings is 2. The molecular weight excluding hydrogens is 844 g/mol. The number of fused-ring (bicyclic) bond motifs is 10. The molecule has 13 rings (SSSR count). The standard InChI is InChI=1S/C59H47BN2O2S2/c1-34-28-47-53-48(29-34)62(40-24-18-36(19-25-40)46-33-64-50-15-11-9-13-42(46)50)55-44-31-38(59(5,6)7)21-27-52(44)66-57(55)60(53)56-54(43-30-37(58(2,3)4)20-26-51(43)65-56)61(47)39-22-16-35(17-23-39)45-32-63-49-14-10-8-12-41(45)49/h8-33H,1-7H3. The topological polar surface area (TPSA) is 32.8 Å². The molecule has 2 aliphatic heterocycles. The minimum atomic E-state index is -0.00576. The van der Waals surface area contributed by atoms with Crippen molar-refractivity contribution in [3.63, 3.8) is 0 Å². The van der Waals surface area contributed by atoms with Crippen LogP contribution in [0.2, 0.25) is 0 Å². The molecule has 4 nitrogen and oxygen atoms in total. The molecule has 4 aromatic heterocycles. The maximum atomic E-state index is 6.02. The average molecular weight is 891 g/mol. The first kappa shape index (κ1) is 39.6. The van der Waals surface area contributed by atoms with Gasteiger partial charge < -0.3 is 18.6 Å². The largest absolute Gasteiger partial charge is 0.464 e. The highest BCUT2D eigenvalue weighted by molar-refractivity contribution is 7.40. The van der Waals surface area contributed by atoms with E-state index in [1.807, 2.05) is 59.5 Å². The van der Waals surface area contributed by atoms with Crippen molar-refractivity contribution in [2.24, 2.45) is 0 Å². The summed E-state index contributed by atoms with van der Waals surface area (Å²) in [5.74, 6) is 0. The molecule has 7 heteroatoms. The highest BCUT2D eigenvalue weighted by Gasteiger charge is 2.47. The third kappa shape index (κ3) is 5.89. The number of hydrogen-bond donors (Lipinski definition) is 0. The Morgan fingerprint density at radius 1 is 0.470 bits per heavy atom. The Morgan fingerprint density at radius 2 is 0.894 bits per heavy atom. The fourth-order valence-electron chi connectivity index (χ4n) is 10.6. The Kier molecular flexibility index (Phi) is 8.45. The van der Waals surface area contributed by atoms with Gasteiger partial charge in [0.1, 0.15) is 11.2 Å². The lowest BCUT2D eigenvalue weighted by molar-refractivity contribution is 0.591. The van der Waals surface area contributed by atoms with Crippen LogP contribution in [0, 0.1) is 6.92 Å². The second-order valence-corrected chi connectivity index (χ2v) is 22.4. The number of anilines is 6. The van der Waals surface area contributed by atoms with E-state index in [2.05, 4.69) is 180 Å². The zero-order valence-corrected chi connectivity index (χ0v) is 39.7. The number of benzene rings is 7. The molecule has 0 atom stereocenters.